The maximum absolute atomic E-state index is 13.9. The molecule has 2 saturated heterocycles. The van der Waals surface area contributed by atoms with E-state index in [-0.39, 0.29) is 64.7 Å². The average molecular weight is 662 g/mol. The summed E-state index contributed by atoms with van der Waals surface area (Å²) in [5.74, 6) is -1.82. The molecule has 0 radical (unpaired) electrons. The molecule has 4 rings (SSSR count). The molecular weight excluding hydrogens is 627 g/mol. The highest BCUT2D eigenvalue weighted by Gasteiger charge is 2.46. The Morgan fingerprint density at radius 2 is 1.86 bits per heavy atom. The molecule has 0 saturated carbocycles. The minimum Gasteiger partial charge on any atom is -0.469 e. The summed E-state index contributed by atoms with van der Waals surface area (Å²) in [5, 5.41) is 0.162. The van der Waals surface area contributed by atoms with Gasteiger partial charge < -0.3 is 15.4 Å². The minimum atomic E-state index is -4.36. The van der Waals surface area contributed by atoms with Gasteiger partial charge in [0.1, 0.15) is 6.04 Å². The number of hydrogen-bond acceptors (Lipinski definition) is 8. The van der Waals surface area contributed by atoms with Crippen molar-refractivity contribution < 1.29 is 27.5 Å². The fourth-order valence-corrected chi connectivity index (χ4v) is 6.98. The number of hydrogen-bond donors (Lipinski definition) is 2. The van der Waals surface area contributed by atoms with E-state index in [0.29, 0.717) is 19.4 Å². The molecule has 2 aliphatic rings. The molecule has 14 heteroatoms. The lowest BCUT2D eigenvalue weighted by Crippen LogP contribution is -2.54. The summed E-state index contributed by atoms with van der Waals surface area (Å²) in [6.07, 6.45) is 2.28. The number of nitrogens with one attached hydrogen (secondary N) is 1. The van der Waals surface area contributed by atoms with Crippen molar-refractivity contribution >= 4 is 63.4 Å². The van der Waals surface area contributed by atoms with E-state index < -0.39 is 34.0 Å². The van der Waals surface area contributed by atoms with Crippen LogP contribution in [0, 0.1) is 0 Å². The molecule has 2 aliphatic heterocycles. The number of rotatable bonds is 10. The van der Waals surface area contributed by atoms with Crippen molar-refractivity contribution in [2.75, 3.05) is 20.2 Å². The number of esters is 1. The van der Waals surface area contributed by atoms with E-state index in [9.17, 15) is 22.8 Å². The third-order valence-corrected chi connectivity index (χ3v) is 9.77. The number of nitrogens with zero attached hydrogens (tertiary/aromatic N) is 2. The molecule has 4 atom stereocenters. The van der Waals surface area contributed by atoms with Gasteiger partial charge in [-0.3, -0.25) is 19.3 Å². The zero-order valence-electron chi connectivity index (χ0n) is 23.1. The van der Waals surface area contributed by atoms with Crippen molar-refractivity contribution in [1.82, 2.24) is 14.5 Å². The molecule has 0 spiro atoms. The van der Waals surface area contributed by atoms with Crippen molar-refractivity contribution in [2.24, 2.45) is 5.73 Å². The van der Waals surface area contributed by atoms with Crippen LogP contribution in [0.15, 0.2) is 53.4 Å². The summed E-state index contributed by atoms with van der Waals surface area (Å²) in [4.78, 5) is 42.8. The first-order valence-electron chi connectivity index (χ1n) is 13.4. The minimum absolute atomic E-state index is 0. The Morgan fingerprint density at radius 1 is 1.14 bits per heavy atom. The topological polar surface area (TPSA) is 139 Å². The van der Waals surface area contributed by atoms with Crippen LogP contribution in [0.5, 0.6) is 0 Å². The van der Waals surface area contributed by atoms with Gasteiger partial charge in [0, 0.05) is 31.6 Å². The Kier molecular flexibility index (Phi) is 12.1. The Balaban J connectivity index is 0.00000484. The van der Waals surface area contributed by atoms with Crippen LogP contribution in [0.4, 0.5) is 0 Å². The molecule has 0 aliphatic carbocycles. The summed E-state index contributed by atoms with van der Waals surface area (Å²) in [5.41, 5.74) is 7.48. The van der Waals surface area contributed by atoms with Gasteiger partial charge in [0.05, 0.1) is 28.1 Å². The van der Waals surface area contributed by atoms with Crippen LogP contribution in [0.3, 0.4) is 0 Å². The fraction of sp³-hybridized carbons (Fsp3) is 0.464. The number of halogens is 3. The van der Waals surface area contributed by atoms with E-state index in [0.717, 1.165) is 18.9 Å². The Labute approximate surface area is 262 Å². The number of fused-ring (bicyclic) bond motifs is 1. The molecular formula is C28H35Cl3N4O6S. The molecule has 2 amide bonds. The molecule has 2 fully saturated rings. The summed E-state index contributed by atoms with van der Waals surface area (Å²) in [6.45, 7) is 0.765. The van der Waals surface area contributed by atoms with Gasteiger partial charge in [-0.2, -0.15) is 0 Å². The SMILES string of the molecule is COC(=O)CC[C@H](C(=O)NS(=O)(=O)c1ccc(Cl)c(Cl)c1)N1CCC(CCc2ccccc2)N2C[C@H](N)C[C@H]2C1=O.Cl. The summed E-state index contributed by atoms with van der Waals surface area (Å²) < 4.78 is 33.0. The molecule has 2 heterocycles. The smallest absolute Gasteiger partial charge is 0.305 e. The van der Waals surface area contributed by atoms with E-state index in [1.54, 1.807) is 0 Å². The van der Waals surface area contributed by atoms with Gasteiger partial charge in [0.25, 0.3) is 15.9 Å². The van der Waals surface area contributed by atoms with Crippen molar-refractivity contribution in [1.29, 1.82) is 0 Å². The maximum Gasteiger partial charge on any atom is 0.305 e. The standard InChI is InChI=1S/C28H34Cl2N4O6S.ClH/c1-40-26(35)12-11-24(27(36)32-41(38,39)21-9-10-22(29)23(30)16-21)33-14-13-20(8-7-18-5-3-2-4-6-18)34-17-19(31)15-25(34)28(33)37;/h2-6,9-10,16,19-20,24-25H,7-8,11-15,17,31H2,1H3,(H,32,36);1H/t19-,20?,24-,25+;/m1./s1. The molecule has 42 heavy (non-hydrogen) atoms. The first-order chi connectivity index (χ1) is 19.5. The zero-order valence-corrected chi connectivity index (χ0v) is 26.2. The van der Waals surface area contributed by atoms with Gasteiger partial charge in [0.2, 0.25) is 5.91 Å². The summed E-state index contributed by atoms with van der Waals surface area (Å²) >= 11 is 11.9. The lowest BCUT2D eigenvalue weighted by molar-refractivity contribution is -0.145. The average Bonchev–Trinajstić information content (AvgIpc) is 3.29. The van der Waals surface area contributed by atoms with Crippen molar-refractivity contribution in [3.63, 3.8) is 0 Å². The van der Waals surface area contributed by atoms with Crippen LogP contribution < -0.4 is 10.5 Å². The second-order valence-electron chi connectivity index (χ2n) is 10.4. The summed E-state index contributed by atoms with van der Waals surface area (Å²) in [6, 6.07) is 11.8. The maximum atomic E-state index is 13.9. The second-order valence-corrected chi connectivity index (χ2v) is 12.9. The lowest BCUT2D eigenvalue weighted by Gasteiger charge is -2.32. The number of carbonyl (C=O) groups is 3. The molecule has 3 N–H and O–H groups in total. The first-order valence-corrected chi connectivity index (χ1v) is 15.7. The van der Waals surface area contributed by atoms with E-state index in [1.165, 1.54) is 29.7 Å². The van der Waals surface area contributed by atoms with Gasteiger partial charge >= 0.3 is 5.97 Å². The predicted molar refractivity (Wildman–Crippen MR) is 162 cm³/mol. The van der Waals surface area contributed by atoms with E-state index >= 15 is 0 Å². The van der Waals surface area contributed by atoms with Crippen LogP contribution in [0.25, 0.3) is 0 Å². The molecule has 10 nitrogen and oxygen atoms in total. The Morgan fingerprint density at radius 3 is 2.52 bits per heavy atom. The van der Waals surface area contributed by atoms with Crippen LogP contribution in [-0.4, -0.2) is 80.4 Å². The van der Waals surface area contributed by atoms with Crippen LogP contribution >= 0.6 is 35.6 Å². The fourth-order valence-electron chi connectivity index (χ4n) is 5.58. The number of aryl methyl sites for hydroxylation is 1. The normalized spacial score (nSPS) is 21.6. The van der Waals surface area contributed by atoms with E-state index in [2.05, 4.69) is 21.8 Å². The van der Waals surface area contributed by atoms with Gasteiger partial charge in [-0.05, 0) is 55.9 Å². The highest BCUT2D eigenvalue weighted by Crippen LogP contribution is 2.31. The van der Waals surface area contributed by atoms with E-state index in [1.807, 2.05) is 18.2 Å². The molecule has 0 aromatic heterocycles. The largest absolute Gasteiger partial charge is 0.469 e. The van der Waals surface area contributed by atoms with Gasteiger partial charge in [-0.1, -0.05) is 53.5 Å². The van der Waals surface area contributed by atoms with E-state index in [4.69, 9.17) is 33.7 Å². The van der Waals surface area contributed by atoms with Crippen LogP contribution in [-0.2, 0) is 35.6 Å². The van der Waals surface area contributed by atoms with Crippen molar-refractivity contribution in [3.05, 3.63) is 64.1 Å². The predicted octanol–water partition coefficient (Wildman–Crippen LogP) is 3.18. The number of nitrogens with two attached hydrogens (primary N) is 1. The number of methoxy groups -OCH3 is 1. The molecule has 2 aromatic rings. The van der Waals surface area contributed by atoms with Crippen LogP contribution in [0.2, 0.25) is 10.0 Å². The first kappa shape index (κ1) is 34.1. The number of sulfonamides is 1. The highest BCUT2D eigenvalue weighted by molar-refractivity contribution is 7.90. The monoisotopic (exact) mass is 660 g/mol. The number of benzene rings is 2. The second kappa shape index (κ2) is 14.9. The molecule has 0 bridgehead atoms. The van der Waals surface area contributed by atoms with Gasteiger partial charge in [-0.25, -0.2) is 13.1 Å². The molecule has 230 valence electrons. The Hall–Kier alpha value is -2.41. The number of ether oxygens (including phenoxy) is 1. The molecule has 2 aromatic carbocycles. The third kappa shape index (κ3) is 8.15. The Bertz CT molecular complexity index is 1380. The summed E-state index contributed by atoms with van der Waals surface area (Å²) in [7, 11) is -3.14. The van der Waals surface area contributed by atoms with Crippen molar-refractivity contribution in [2.45, 2.75) is 67.6 Å². The van der Waals surface area contributed by atoms with Crippen molar-refractivity contribution in [3.8, 4) is 0 Å². The van der Waals surface area contributed by atoms with Gasteiger partial charge in [0.15, 0.2) is 0 Å². The number of amides is 2. The highest BCUT2D eigenvalue weighted by atomic mass is 35.5. The quantitative estimate of drug-likeness (QED) is 0.371. The zero-order chi connectivity index (χ0) is 29.7. The van der Waals surface area contributed by atoms with Crippen LogP contribution in [0.1, 0.15) is 37.7 Å². The van der Waals surface area contributed by atoms with Gasteiger partial charge in [-0.15, -0.1) is 12.4 Å². The number of carbonyl (C=O) groups excluding carboxylic acids is 3. The third-order valence-electron chi connectivity index (χ3n) is 7.69. The lowest BCUT2D eigenvalue weighted by atomic mass is 10.0. The molecule has 1 unspecified atom stereocenters.